The molecule has 0 saturated carbocycles. The summed E-state index contributed by atoms with van der Waals surface area (Å²) < 4.78 is 17.1. The van der Waals surface area contributed by atoms with Crippen molar-refractivity contribution in [3.8, 4) is 11.5 Å². The molecule has 0 bridgehead atoms. The summed E-state index contributed by atoms with van der Waals surface area (Å²) in [5, 5.41) is 3.08. The van der Waals surface area contributed by atoms with Crippen molar-refractivity contribution in [3.63, 3.8) is 0 Å². The van der Waals surface area contributed by atoms with E-state index < -0.39 is 0 Å². The van der Waals surface area contributed by atoms with Crippen molar-refractivity contribution in [2.45, 2.75) is 71.4 Å². The van der Waals surface area contributed by atoms with Crippen LogP contribution < -0.4 is 14.8 Å². The highest BCUT2D eigenvalue weighted by atomic mass is 16.5. The quantitative estimate of drug-likeness (QED) is 0.635. The molecule has 146 valence electrons. The van der Waals surface area contributed by atoms with Gasteiger partial charge in [-0.05, 0) is 63.6 Å². The van der Waals surface area contributed by atoms with Gasteiger partial charge in [0.2, 0.25) is 0 Å². The number of ether oxygens (including phenoxy) is 3. The molecular weight excluding hydrogens is 330 g/mol. The molecule has 1 N–H and O–H groups in total. The maximum absolute atomic E-state index is 12.6. The van der Waals surface area contributed by atoms with Gasteiger partial charge in [0.25, 0.3) is 5.91 Å². The molecule has 1 aliphatic heterocycles. The number of hydrogen-bond acceptors (Lipinski definition) is 4. The SMILES string of the molecule is CCCOc1ccc(C(=O)NC(C)CCC2CCCO2)cc1OCCC. The lowest BCUT2D eigenvalue weighted by molar-refractivity contribution is 0.0899. The van der Waals surface area contributed by atoms with Gasteiger partial charge in [-0.25, -0.2) is 0 Å². The van der Waals surface area contributed by atoms with Gasteiger partial charge in [-0.15, -0.1) is 0 Å². The molecule has 1 aromatic rings. The van der Waals surface area contributed by atoms with E-state index in [0.717, 1.165) is 45.1 Å². The Kier molecular flexibility index (Phi) is 8.75. The molecule has 0 aromatic heterocycles. The van der Waals surface area contributed by atoms with E-state index in [1.807, 2.05) is 13.0 Å². The van der Waals surface area contributed by atoms with Crippen molar-refractivity contribution in [2.24, 2.45) is 0 Å². The number of rotatable bonds is 11. The molecule has 0 radical (unpaired) electrons. The smallest absolute Gasteiger partial charge is 0.251 e. The van der Waals surface area contributed by atoms with E-state index >= 15 is 0 Å². The van der Waals surface area contributed by atoms with Gasteiger partial charge in [-0.3, -0.25) is 4.79 Å². The van der Waals surface area contributed by atoms with E-state index in [9.17, 15) is 4.79 Å². The first-order valence-corrected chi connectivity index (χ1v) is 9.96. The van der Waals surface area contributed by atoms with Gasteiger partial charge in [-0.1, -0.05) is 13.8 Å². The second-order valence-electron chi connectivity index (χ2n) is 6.95. The summed E-state index contributed by atoms with van der Waals surface area (Å²) in [4.78, 5) is 12.6. The predicted molar refractivity (Wildman–Crippen MR) is 103 cm³/mol. The van der Waals surface area contributed by atoms with Crippen LogP contribution >= 0.6 is 0 Å². The van der Waals surface area contributed by atoms with Crippen LogP contribution in [0.1, 0.15) is 69.7 Å². The highest BCUT2D eigenvalue weighted by Gasteiger charge is 2.18. The summed E-state index contributed by atoms with van der Waals surface area (Å²) in [6.45, 7) is 8.27. The fourth-order valence-corrected chi connectivity index (χ4v) is 2.99. The van der Waals surface area contributed by atoms with Crippen LogP contribution in [0.4, 0.5) is 0 Å². The highest BCUT2D eigenvalue weighted by molar-refractivity contribution is 5.95. The number of hydrogen-bond donors (Lipinski definition) is 1. The van der Waals surface area contributed by atoms with Gasteiger partial charge in [0.15, 0.2) is 11.5 Å². The molecule has 1 amide bonds. The van der Waals surface area contributed by atoms with Crippen LogP contribution in [0.5, 0.6) is 11.5 Å². The monoisotopic (exact) mass is 363 g/mol. The molecule has 26 heavy (non-hydrogen) atoms. The number of carbonyl (C=O) groups is 1. The molecular formula is C21H33NO4. The number of carbonyl (C=O) groups excluding carboxylic acids is 1. The lowest BCUT2D eigenvalue weighted by atomic mass is 10.1. The van der Waals surface area contributed by atoms with E-state index in [1.54, 1.807) is 12.1 Å². The van der Waals surface area contributed by atoms with Crippen LogP contribution in [0.15, 0.2) is 18.2 Å². The fraction of sp³-hybridized carbons (Fsp3) is 0.667. The summed E-state index contributed by atoms with van der Waals surface area (Å²) in [6, 6.07) is 5.52. The first-order valence-electron chi connectivity index (χ1n) is 9.96. The largest absolute Gasteiger partial charge is 0.490 e. The van der Waals surface area contributed by atoms with Crippen molar-refractivity contribution in [1.82, 2.24) is 5.32 Å². The Balaban J connectivity index is 1.93. The van der Waals surface area contributed by atoms with Crippen LogP contribution in [0.25, 0.3) is 0 Å². The molecule has 5 heteroatoms. The molecule has 2 rings (SSSR count). The first-order chi connectivity index (χ1) is 12.6. The molecule has 0 spiro atoms. The van der Waals surface area contributed by atoms with Crippen LogP contribution in [-0.2, 0) is 4.74 Å². The van der Waals surface area contributed by atoms with E-state index in [2.05, 4.69) is 19.2 Å². The Labute approximate surface area is 157 Å². The summed E-state index contributed by atoms with van der Waals surface area (Å²) in [6.07, 6.45) is 6.40. The lowest BCUT2D eigenvalue weighted by Gasteiger charge is -2.17. The minimum atomic E-state index is -0.0757. The average Bonchev–Trinajstić information content (AvgIpc) is 3.16. The molecule has 1 saturated heterocycles. The maximum Gasteiger partial charge on any atom is 0.251 e. The normalized spacial score (nSPS) is 17.7. The lowest BCUT2D eigenvalue weighted by Crippen LogP contribution is -2.33. The third-order valence-electron chi connectivity index (χ3n) is 4.45. The Morgan fingerprint density at radius 3 is 2.62 bits per heavy atom. The maximum atomic E-state index is 12.6. The minimum absolute atomic E-state index is 0.0757. The van der Waals surface area contributed by atoms with Crippen molar-refractivity contribution < 1.29 is 19.0 Å². The zero-order valence-corrected chi connectivity index (χ0v) is 16.4. The van der Waals surface area contributed by atoms with Crippen LogP contribution in [0.2, 0.25) is 0 Å². The van der Waals surface area contributed by atoms with E-state index in [1.165, 1.54) is 0 Å². The number of benzene rings is 1. The third-order valence-corrected chi connectivity index (χ3v) is 4.45. The standard InChI is InChI=1S/C21H33NO4/c1-4-12-25-19-11-9-17(15-20(19)26-13-5-2)21(23)22-16(3)8-10-18-7-6-14-24-18/h9,11,15-16,18H,4-8,10,12-14H2,1-3H3,(H,22,23). The van der Waals surface area contributed by atoms with Gasteiger partial charge < -0.3 is 19.5 Å². The molecule has 2 atom stereocenters. The Morgan fingerprint density at radius 2 is 1.96 bits per heavy atom. The molecule has 0 aliphatic carbocycles. The van der Waals surface area contributed by atoms with E-state index in [-0.39, 0.29) is 11.9 Å². The summed E-state index contributed by atoms with van der Waals surface area (Å²) in [7, 11) is 0. The molecule has 1 fully saturated rings. The highest BCUT2D eigenvalue weighted by Crippen LogP contribution is 2.29. The molecule has 1 aliphatic rings. The first kappa shape index (κ1) is 20.6. The van der Waals surface area contributed by atoms with Gasteiger partial charge in [0.1, 0.15) is 0 Å². The van der Waals surface area contributed by atoms with E-state index in [0.29, 0.717) is 36.4 Å². The Hall–Kier alpha value is -1.75. The van der Waals surface area contributed by atoms with Crippen LogP contribution in [-0.4, -0.2) is 37.9 Å². The Bertz CT molecular complexity index is 555. The van der Waals surface area contributed by atoms with Crippen molar-refractivity contribution >= 4 is 5.91 Å². The predicted octanol–water partition coefficient (Wildman–Crippen LogP) is 4.34. The second-order valence-corrected chi connectivity index (χ2v) is 6.95. The van der Waals surface area contributed by atoms with Crippen LogP contribution in [0, 0.1) is 0 Å². The zero-order chi connectivity index (χ0) is 18.8. The molecule has 2 unspecified atom stereocenters. The number of amides is 1. The van der Waals surface area contributed by atoms with Crippen molar-refractivity contribution in [3.05, 3.63) is 23.8 Å². The van der Waals surface area contributed by atoms with Gasteiger partial charge in [0, 0.05) is 18.2 Å². The van der Waals surface area contributed by atoms with Gasteiger partial charge >= 0.3 is 0 Å². The van der Waals surface area contributed by atoms with Gasteiger partial charge in [-0.2, -0.15) is 0 Å². The molecule has 1 aromatic carbocycles. The molecule has 1 heterocycles. The summed E-state index contributed by atoms with van der Waals surface area (Å²) in [5.74, 6) is 1.26. The fourth-order valence-electron chi connectivity index (χ4n) is 2.99. The van der Waals surface area contributed by atoms with Crippen molar-refractivity contribution in [1.29, 1.82) is 0 Å². The van der Waals surface area contributed by atoms with Crippen molar-refractivity contribution in [2.75, 3.05) is 19.8 Å². The second kappa shape index (κ2) is 11.1. The molecule has 5 nitrogen and oxygen atoms in total. The van der Waals surface area contributed by atoms with E-state index in [4.69, 9.17) is 14.2 Å². The summed E-state index contributed by atoms with van der Waals surface area (Å²) in [5.41, 5.74) is 0.601. The topological polar surface area (TPSA) is 56.8 Å². The average molecular weight is 363 g/mol. The minimum Gasteiger partial charge on any atom is -0.490 e. The summed E-state index contributed by atoms with van der Waals surface area (Å²) >= 11 is 0. The zero-order valence-electron chi connectivity index (χ0n) is 16.4. The number of nitrogens with one attached hydrogen (secondary N) is 1. The third kappa shape index (κ3) is 6.52. The Morgan fingerprint density at radius 1 is 1.23 bits per heavy atom. The van der Waals surface area contributed by atoms with Crippen LogP contribution in [0.3, 0.4) is 0 Å². The van der Waals surface area contributed by atoms with Gasteiger partial charge in [0.05, 0.1) is 19.3 Å².